The maximum atomic E-state index is 5.99. The molecule has 82 valence electrons. The van der Waals surface area contributed by atoms with Gasteiger partial charge in [-0.2, -0.15) is 0 Å². The van der Waals surface area contributed by atoms with E-state index in [9.17, 15) is 0 Å². The maximum absolute atomic E-state index is 5.99. The van der Waals surface area contributed by atoms with Gasteiger partial charge in [0.25, 0.3) is 0 Å². The first-order valence-electron chi connectivity index (χ1n) is 4.61. The summed E-state index contributed by atoms with van der Waals surface area (Å²) in [5, 5.41) is 0.922. The summed E-state index contributed by atoms with van der Waals surface area (Å²) in [4.78, 5) is 4.27. The Morgan fingerprint density at radius 3 is 2.40 bits per heavy atom. The lowest BCUT2D eigenvalue weighted by Gasteiger charge is -2.17. The van der Waals surface area contributed by atoms with Crippen LogP contribution in [0.4, 0.5) is 5.69 Å². The first-order chi connectivity index (χ1) is 6.82. The highest BCUT2D eigenvalue weighted by atomic mass is 35.5. The summed E-state index contributed by atoms with van der Waals surface area (Å²) in [5.41, 5.74) is 6.28. The van der Waals surface area contributed by atoms with Crippen LogP contribution in [0.2, 0.25) is 10.0 Å². The van der Waals surface area contributed by atoms with Gasteiger partial charge >= 0.3 is 0 Å². The Bertz CT molecular complexity index is 392. The monoisotopic (exact) mass is 244 g/mol. The first-order valence-corrected chi connectivity index (χ1v) is 5.36. The minimum atomic E-state index is -0.175. The van der Waals surface area contributed by atoms with Gasteiger partial charge in [0, 0.05) is 5.41 Å². The lowest BCUT2D eigenvalue weighted by Crippen LogP contribution is -2.28. The molecule has 0 unspecified atom stereocenters. The van der Waals surface area contributed by atoms with Gasteiger partial charge in [-0.05, 0) is 12.1 Å². The minimum absolute atomic E-state index is 0.175. The van der Waals surface area contributed by atoms with Gasteiger partial charge in [-0.25, -0.2) is 4.99 Å². The SMILES string of the molecule is CC(C)(C)C(N)=Nc1cccc(Cl)c1Cl. The molecule has 0 aliphatic rings. The zero-order chi connectivity index (χ0) is 11.6. The molecule has 2 nitrogen and oxygen atoms in total. The van der Waals surface area contributed by atoms with Crippen molar-refractivity contribution in [2.45, 2.75) is 20.8 Å². The van der Waals surface area contributed by atoms with Crippen molar-refractivity contribution in [3.05, 3.63) is 28.2 Å². The van der Waals surface area contributed by atoms with E-state index in [4.69, 9.17) is 28.9 Å². The second kappa shape index (κ2) is 4.42. The van der Waals surface area contributed by atoms with Crippen molar-refractivity contribution >= 4 is 34.7 Å². The van der Waals surface area contributed by atoms with Gasteiger partial charge in [0.05, 0.1) is 15.7 Å². The van der Waals surface area contributed by atoms with Crippen LogP contribution in [-0.4, -0.2) is 5.84 Å². The number of amidine groups is 1. The molecule has 2 N–H and O–H groups in total. The number of aliphatic imine (C=N–C) groups is 1. The fourth-order valence-electron chi connectivity index (χ4n) is 0.876. The second-order valence-corrected chi connectivity index (χ2v) is 5.11. The summed E-state index contributed by atoms with van der Waals surface area (Å²) in [6.45, 7) is 5.97. The van der Waals surface area contributed by atoms with Crippen molar-refractivity contribution in [1.82, 2.24) is 0 Å². The smallest absolute Gasteiger partial charge is 0.105 e. The van der Waals surface area contributed by atoms with Crippen molar-refractivity contribution in [3.63, 3.8) is 0 Å². The van der Waals surface area contributed by atoms with Crippen molar-refractivity contribution < 1.29 is 0 Å². The highest BCUT2D eigenvalue weighted by Crippen LogP contribution is 2.32. The average molecular weight is 245 g/mol. The molecule has 1 aromatic carbocycles. The summed E-state index contributed by atoms with van der Waals surface area (Å²) in [6.07, 6.45) is 0. The molecule has 0 fully saturated rings. The molecule has 0 radical (unpaired) electrons. The van der Waals surface area contributed by atoms with Crippen molar-refractivity contribution in [1.29, 1.82) is 0 Å². The van der Waals surface area contributed by atoms with E-state index >= 15 is 0 Å². The summed E-state index contributed by atoms with van der Waals surface area (Å²) in [7, 11) is 0. The van der Waals surface area contributed by atoms with Crippen LogP contribution in [0.3, 0.4) is 0 Å². The zero-order valence-corrected chi connectivity index (χ0v) is 10.5. The number of rotatable bonds is 1. The molecule has 0 aliphatic heterocycles. The standard InChI is InChI=1S/C11H14Cl2N2/c1-11(2,3)10(14)15-8-6-4-5-7(12)9(8)13/h4-6H,1-3H3,(H2,14,15). The fraction of sp³-hybridized carbons (Fsp3) is 0.364. The van der Waals surface area contributed by atoms with Gasteiger partial charge in [-0.15, -0.1) is 0 Å². The molecule has 0 amide bonds. The molecule has 0 saturated heterocycles. The zero-order valence-electron chi connectivity index (χ0n) is 9.01. The number of benzene rings is 1. The molecule has 4 heteroatoms. The molecule has 1 aromatic rings. The second-order valence-electron chi connectivity index (χ2n) is 4.32. The Balaban J connectivity index is 3.15. The molecule has 0 atom stereocenters. The Kier molecular flexibility index (Phi) is 3.63. The maximum Gasteiger partial charge on any atom is 0.105 e. The molecule has 0 spiro atoms. The summed E-state index contributed by atoms with van der Waals surface area (Å²) in [5.74, 6) is 0.534. The Morgan fingerprint density at radius 1 is 1.27 bits per heavy atom. The van der Waals surface area contributed by atoms with E-state index in [0.29, 0.717) is 21.6 Å². The molecule has 0 saturated carbocycles. The van der Waals surface area contributed by atoms with Gasteiger partial charge in [0.1, 0.15) is 5.84 Å². The molecule has 0 aliphatic carbocycles. The van der Waals surface area contributed by atoms with Crippen LogP contribution in [0, 0.1) is 5.41 Å². The molecular formula is C11H14Cl2N2. The van der Waals surface area contributed by atoms with E-state index in [1.807, 2.05) is 20.8 Å². The van der Waals surface area contributed by atoms with E-state index in [1.54, 1.807) is 18.2 Å². The van der Waals surface area contributed by atoms with E-state index in [1.165, 1.54) is 0 Å². The van der Waals surface area contributed by atoms with Gasteiger partial charge in [-0.3, -0.25) is 0 Å². The van der Waals surface area contributed by atoms with Crippen LogP contribution in [0.1, 0.15) is 20.8 Å². The molecule has 0 bridgehead atoms. The van der Waals surface area contributed by atoms with Crippen LogP contribution in [0.25, 0.3) is 0 Å². The van der Waals surface area contributed by atoms with Crippen LogP contribution >= 0.6 is 23.2 Å². The van der Waals surface area contributed by atoms with E-state index in [0.717, 1.165) is 0 Å². The van der Waals surface area contributed by atoms with Gasteiger partial charge in [-0.1, -0.05) is 50.0 Å². The van der Waals surface area contributed by atoms with Gasteiger partial charge in [0.15, 0.2) is 0 Å². The number of halogens is 2. The Labute approximate surface area is 100 Å². The highest BCUT2D eigenvalue weighted by Gasteiger charge is 2.16. The lowest BCUT2D eigenvalue weighted by molar-refractivity contribution is 0.585. The topological polar surface area (TPSA) is 38.4 Å². The molecular weight excluding hydrogens is 231 g/mol. The van der Waals surface area contributed by atoms with Gasteiger partial charge < -0.3 is 5.73 Å². The third-order valence-corrected chi connectivity index (χ3v) is 2.75. The van der Waals surface area contributed by atoms with Crippen LogP contribution in [0.5, 0.6) is 0 Å². The van der Waals surface area contributed by atoms with E-state index in [2.05, 4.69) is 4.99 Å². The van der Waals surface area contributed by atoms with Gasteiger partial charge in [0.2, 0.25) is 0 Å². The Morgan fingerprint density at radius 2 is 1.87 bits per heavy atom. The van der Waals surface area contributed by atoms with Crippen molar-refractivity contribution in [2.24, 2.45) is 16.1 Å². The highest BCUT2D eigenvalue weighted by molar-refractivity contribution is 6.43. The van der Waals surface area contributed by atoms with Crippen LogP contribution < -0.4 is 5.73 Å². The predicted molar refractivity (Wildman–Crippen MR) is 67.2 cm³/mol. The molecule has 15 heavy (non-hydrogen) atoms. The molecule has 0 aromatic heterocycles. The Hall–Kier alpha value is -0.730. The third kappa shape index (κ3) is 3.11. The number of nitrogens with two attached hydrogens (primary N) is 1. The van der Waals surface area contributed by atoms with Crippen molar-refractivity contribution in [2.75, 3.05) is 0 Å². The average Bonchev–Trinajstić information content (AvgIpc) is 2.11. The van der Waals surface area contributed by atoms with Crippen LogP contribution in [-0.2, 0) is 0 Å². The number of nitrogens with zero attached hydrogens (tertiary/aromatic N) is 1. The summed E-state index contributed by atoms with van der Waals surface area (Å²) < 4.78 is 0. The number of hydrogen-bond donors (Lipinski definition) is 1. The molecule has 1 rings (SSSR count). The quantitative estimate of drug-likeness (QED) is 0.588. The largest absolute Gasteiger partial charge is 0.387 e. The van der Waals surface area contributed by atoms with Crippen molar-refractivity contribution in [3.8, 4) is 0 Å². The summed E-state index contributed by atoms with van der Waals surface area (Å²) >= 11 is 11.9. The number of hydrogen-bond acceptors (Lipinski definition) is 1. The predicted octanol–water partition coefficient (Wildman–Crippen LogP) is 4.03. The normalized spacial score (nSPS) is 13.0. The van der Waals surface area contributed by atoms with E-state index < -0.39 is 0 Å². The van der Waals surface area contributed by atoms with Crippen LogP contribution in [0.15, 0.2) is 23.2 Å². The van der Waals surface area contributed by atoms with E-state index in [-0.39, 0.29) is 5.41 Å². The third-order valence-electron chi connectivity index (χ3n) is 1.94. The summed E-state index contributed by atoms with van der Waals surface area (Å²) in [6, 6.07) is 5.30. The first kappa shape index (κ1) is 12.3. The lowest BCUT2D eigenvalue weighted by atomic mass is 9.95. The minimum Gasteiger partial charge on any atom is -0.387 e. The fourth-order valence-corrected chi connectivity index (χ4v) is 1.21. The molecule has 0 heterocycles.